The van der Waals surface area contributed by atoms with Crippen LogP contribution in [0.1, 0.15) is 52.6 Å². The van der Waals surface area contributed by atoms with Crippen LogP contribution in [0.15, 0.2) is 146 Å². The van der Waals surface area contributed by atoms with Crippen LogP contribution in [0.4, 0.5) is 22.7 Å². The Kier molecular flexibility index (Phi) is 12.9. The van der Waals surface area contributed by atoms with Crippen molar-refractivity contribution in [1.82, 2.24) is 0 Å². The molecule has 10 heteroatoms. The second kappa shape index (κ2) is 18.3. The van der Waals surface area contributed by atoms with Crippen molar-refractivity contribution in [3.8, 4) is 11.5 Å². The number of methoxy groups -OCH3 is 2. The molecule has 10 nitrogen and oxygen atoms in total. The van der Waals surface area contributed by atoms with Crippen molar-refractivity contribution in [1.29, 1.82) is 0 Å². The summed E-state index contributed by atoms with van der Waals surface area (Å²) in [5, 5.41) is 11.3. The number of amides is 4. The van der Waals surface area contributed by atoms with Crippen LogP contribution in [0.5, 0.6) is 11.5 Å². The molecule has 0 saturated heterocycles. The molecule has 6 rings (SSSR count). The first-order chi connectivity index (χ1) is 26.1. The standard InChI is InChI=1S/2C22H20N2O3/c2*1-15-7-5-8-16(13-15)21(25)23-17-9-6-10-18(14-17)24-22(26)19-11-3-4-12-20(19)27-2/h2*3-14H,1-2H3,(H,23,25)(H,24,26). The van der Waals surface area contributed by atoms with Gasteiger partial charge in [-0.1, -0.05) is 71.8 Å². The number of benzene rings is 6. The molecule has 0 atom stereocenters. The van der Waals surface area contributed by atoms with E-state index >= 15 is 0 Å². The van der Waals surface area contributed by atoms with Crippen molar-refractivity contribution < 1.29 is 28.7 Å². The highest BCUT2D eigenvalue weighted by atomic mass is 16.5. The quantitative estimate of drug-likeness (QED) is 0.112. The van der Waals surface area contributed by atoms with Gasteiger partial charge >= 0.3 is 0 Å². The molecule has 0 saturated carbocycles. The van der Waals surface area contributed by atoms with E-state index in [1.54, 1.807) is 109 Å². The lowest BCUT2D eigenvalue weighted by Gasteiger charge is -2.11. The van der Waals surface area contributed by atoms with E-state index in [4.69, 9.17) is 9.47 Å². The normalized spacial score (nSPS) is 10.1. The highest BCUT2D eigenvalue weighted by Crippen LogP contribution is 2.23. The van der Waals surface area contributed by atoms with Crippen LogP contribution in [0, 0.1) is 13.8 Å². The molecule has 54 heavy (non-hydrogen) atoms. The van der Waals surface area contributed by atoms with Gasteiger partial charge in [0.1, 0.15) is 11.5 Å². The lowest BCUT2D eigenvalue weighted by atomic mass is 10.1. The summed E-state index contributed by atoms with van der Waals surface area (Å²) in [7, 11) is 3.04. The number of nitrogens with one attached hydrogen (secondary N) is 4. The molecule has 6 aromatic rings. The lowest BCUT2D eigenvalue weighted by Crippen LogP contribution is -2.14. The highest BCUT2D eigenvalue weighted by molar-refractivity contribution is 6.08. The third kappa shape index (κ3) is 10.4. The number of hydrogen-bond acceptors (Lipinski definition) is 6. The fourth-order valence-corrected chi connectivity index (χ4v) is 5.39. The van der Waals surface area contributed by atoms with Gasteiger partial charge in [0.25, 0.3) is 23.6 Å². The summed E-state index contributed by atoms with van der Waals surface area (Å²) in [6.45, 7) is 3.87. The van der Waals surface area contributed by atoms with Crippen LogP contribution in [0.25, 0.3) is 0 Å². The Balaban J connectivity index is 0.000000208. The fourth-order valence-electron chi connectivity index (χ4n) is 5.39. The number of carbonyl (C=O) groups excluding carboxylic acids is 4. The molecule has 0 fully saturated rings. The van der Waals surface area contributed by atoms with Crippen LogP contribution in [0.2, 0.25) is 0 Å². The van der Waals surface area contributed by atoms with Crippen molar-refractivity contribution in [3.63, 3.8) is 0 Å². The minimum Gasteiger partial charge on any atom is -0.496 e. The summed E-state index contributed by atoms with van der Waals surface area (Å²) >= 11 is 0. The molecule has 0 unspecified atom stereocenters. The molecule has 0 aromatic heterocycles. The van der Waals surface area contributed by atoms with Crippen molar-refractivity contribution in [2.24, 2.45) is 0 Å². The van der Waals surface area contributed by atoms with Crippen molar-refractivity contribution >= 4 is 46.4 Å². The number of rotatable bonds is 10. The van der Waals surface area contributed by atoms with E-state index in [0.29, 0.717) is 56.5 Å². The van der Waals surface area contributed by atoms with Crippen LogP contribution < -0.4 is 30.7 Å². The number of carbonyl (C=O) groups is 4. The monoisotopic (exact) mass is 720 g/mol. The Morgan fingerprint density at radius 1 is 0.389 bits per heavy atom. The zero-order valence-electron chi connectivity index (χ0n) is 30.3. The number of ether oxygens (including phenoxy) is 2. The highest BCUT2D eigenvalue weighted by Gasteiger charge is 2.14. The predicted molar refractivity (Wildman–Crippen MR) is 213 cm³/mol. The Morgan fingerprint density at radius 3 is 1.07 bits per heavy atom. The van der Waals surface area contributed by atoms with Gasteiger partial charge in [0.15, 0.2) is 0 Å². The van der Waals surface area contributed by atoms with E-state index in [2.05, 4.69) is 21.3 Å². The van der Waals surface area contributed by atoms with E-state index < -0.39 is 0 Å². The van der Waals surface area contributed by atoms with E-state index in [-0.39, 0.29) is 23.6 Å². The molecule has 0 aliphatic rings. The second-order valence-corrected chi connectivity index (χ2v) is 12.1. The summed E-state index contributed by atoms with van der Waals surface area (Å²) in [5.41, 5.74) is 6.42. The van der Waals surface area contributed by atoms with Gasteiger partial charge < -0.3 is 30.7 Å². The Bertz CT molecular complexity index is 2130. The van der Waals surface area contributed by atoms with E-state index in [1.807, 2.05) is 50.2 Å². The molecule has 0 spiro atoms. The van der Waals surface area contributed by atoms with E-state index in [0.717, 1.165) is 11.1 Å². The Hall–Kier alpha value is -7.20. The van der Waals surface area contributed by atoms with Gasteiger partial charge in [0, 0.05) is 33.9 Å². The topological polar surface area (TPSA) is 135 Å². The summed E-state index contributed by atoms with van der Waals surface area (Å²) in [6, 6.07) is 42.7. The number of para-hydroxylation sites is 2. The largest absolute Gasteiger partial charge is 0.496 e. The van der Waals surface area contributed by atoms with Crippen molar-refractivity contribution in [3.05, 3.63) is 179 Å². The second-order valence-electron chi connectivity index (χ2n) is 12.1. The first kappa shape index (κ1) is 38.0. The predicted octanol–water partition coefficient (Wildman–Crippen LogP) is 9.02. The van der Waals surface area contributed by atoms with Crippen LogP contribution in [-0.2, 0) is 0 Å². The Labute approximate surface area is 314 Å². The minimum absolute atomic E-state index is 0.202. The molecule has 0 bridgehead atoms. The van der Waals surface area contributed by atoms with Gasteiger partial charge in [-0.25, -0.2) is 0 Å². The molecule has 272 valence electrons. The van der Waals surface area contributed by atoms with Crippen LogP contribution in [0.3, 0.4) is 0 Å². The first-order valence-corrected chi connectivity index (χ1v) is 17.0. The van der Waals surface area contributed by atoms with Crippen molar-refractivity contribution in [2.75, 3.05) is 35.5 Å². The number of aryl methyl sites for hydroxylation is 2. The molecule has 0 radical (unpaired) electrons. The Morgan fingerprint density at radius 2 is 0.722 bits per heavy atom. The summed E-state index contributed by atoms with van der Waals surface area (Å²) in [4.78, 5) is 49.8. The molecule has 0 aliphatic carbocycles. The molecular formula is C44H40N4O6. The van der Waals surface area contributed by atoms with Gasteiger partial charge in [0.2, 0.25) is 0 Å². The maximum absolute atomic E-state index is 12.5. The third-order valence-corrected chi connectivity index (χ3v) is 8.02. The summed E-state index contributed by atoms with van der Waals surface area (Å²) in [6.07, 6.45) is 0. The van der Waals surface area contributed by atoms with Gasteiger partial charge in [-0.15, -0.1) is 0 Å². The zero-order chi connectivity index (χ0) is 38.5. The smallest absolute Gasteiger partial charge is 0.259 e. The van der Waals surface area contributed by atoms with Gasteiger partial charge in [-0.2, -0.15) is 0 Å². The average Bonchev–Trinajstić information content (AvgIpc) is 3.18. The third-order valence-electron chi connectivity index (χ3n) is 8.02. The molecule has 4 N–H and O–H groups in total. The molecule has 6 aromatic carbocycles. The van der Waals surface area contributed by atoms with Crippen molar-refractivity contribution in [2.45, 2.75) is 13.8 Å². The zero-order valence-corrected chi connectivity index (χ0v) is 30.3. The van der Waals surface area contributed by atoms with Gasteiger partial charge in [-0.3, -0.25) is 19.2 Å². The average molecular weight is 721 g/mol. The van der Waals surface area contributed by atoms with Gasteiger partial charge in [-0.05, 0) is 98.8 Å². The molecule has 0 heterocycles. The van der Waals surface area contributed by atoms with E-state index in [9.17, 15) is 19.2 Å². The maximum atomic E-state index is 12.5. The van der Waals surface area contributed by atoms with E-state index in [1.165, 1.54) is 14.2 Å². The first-order valence-electron chi connectivity index (χ1n) is 17.0. The summed E-state index contributed by atoms with van der Waals surface area (Å²) < 4.78 is 10.4. The maximum Gasteiger partial charge on any atom is 0.259 e. The lowest BCUT2D eigenvalue weighted by molar-refractivity contribution is 0.101. The molecule has 0 aliphatic heterocycles. The molecule has 4 amide bonds. The SMILES string of the molecule is COc1ccccc1C(=O)Nc1cccc(NC(=O)c2cccc(C)c2)c1.COc1ccccc1C(=O)Nc1cccc(NC(=O)c2cccc(C)c2)c1. The number of anilines is 4. The minimum atomic E-state index is -0.283. The number of hydrogen-bond donors (Lipinski definition) is 4. The summed E-state index contributed by atoms with van der Waals surface area (Å²) in [5.74, 6) is 0.0286. The molecular weight excluding hydrogens is 681 g/mol. The van der Waals surface area contributed by atoms with Crippen LogP contribution >= 0.6 is 0 Å². The van der Waals surface area contributed by atoms with Crippen LogP contribution in [-0.4, -0.2) is 37.8 Å². The van der Waals surface area contributed by atoms with Gasteiger partial charge in [0.05, 0.1) is 25.3 Å². The fraction of sp³-hybridized carbons (Fsp3) is 0.0909.